The number of rotatable bonds is 5. The van der Waals surface area contributed by atoms with Crippen molar-refractivity contribution in [3.05, 3.63) is 50.9 Å². The number of nitrogens with one attached hydrogen (secondary N) is 1. The molecule has 1 N–H and O–H groups in total. The summed E-state index contributed by atoms with van der Waals surface area (Å²) < 4.78 is 0. The smallest absolute Gasteiger partial charge is 0.0971 e. The highest BCUT2D eigenvalue weighted by atomic mass is 35.5. The van der Waals surface area contributed by atoms with Gasteiger partial charge in [-0.2, -0.15) is 0 Å². The average molecular weight is 279 g/mol. The normalized spacial score (nSPS) is 14.9. The average Bonchev–Trinajstić information content (AvgIpc) is 3.10. The Hall–Kier alpha value is -0.900. The first kappa shape index (κ1) is 12.2. The zero-order valence-corrected chi connectivity index (χ0v) is 11.6. The molecule has 0 amide bonds. The van der Waals surface area contributed by atoms with Gasteiger partial charge in [0.2, 0.25) is 0 Å². The van der Waals surface area contributed by atoms with Gasteiger partial charge in [0, 0.05) is 35.1 Å². The molecule has 18 heavy (non-hydrogen) atoms. The molecule has 0 aliphatic heterocycles. The van der Waals surface area contributed by atoms with E-state index < -0.39 is 0 Å². The fourth-order valence-electron chi connectivity index (χ4n) is 1.82. The fraction of sp³-hybridized carbons (Fsp3) is 0.357. The lowest BCUT2D eigenvalue weighted by molar-refractivity contribution is 0.694. The molecule has 1 saturated carbocycles. The second-order valence-corrected chi connectivity index (χ2v) is 6.31. The molecule has 4 heteroatoms. The van der Waals surface area contributed by atoms with Crippen molar-refractivity contribution in [2.24, 2.45) is 0 Å². The Morgan fingerprint density at radius 2 is 2.06 bits per heavy atom. The van der Waals surface area contributed by atoms with Crippen LogP contribution in [0.25, 0.3) is 0 Å². The van der Waals surface area contributed by atoms with Crippen molar-refractivity contribution < 1.29 is 0 Å². The zero-order valence-electron chi connectivity index (χ0n) is 10.0. The number of thiazole rings is 1. The molecule has 2 nitrogen and oxygen atoms in total. The van der Waals surface area contributed by atoms with E-state index in [1.54, 1.807) is 11.3 Å². The summed E-state index contributed by atoms with van der Waals surface area (Å²) in [5.74, 6) is 0. The van der Waals surface area contributed by atoms with Gasteiger partial charge in [0.15, 0.2) is 0 Å². The summed E-state index contributed by atoms with van der Waals surface area (Å²) in [5.41, 5.74) is 1.26. The van der Waals surface area contributed by atoms with Crippen molar-refractivity contribution in [2.75, 3.05) is 0 Å². The van der Waals surface area contributed by atoms with E-state index in [0.717, 1.165) is 24.0 Å². The molecular formula is C14H15ClN2S. The standard InChI is InChI=1S/C14H15ClN2S/c15-11-3-1-10(2-4-11)7-14-17-9-13(18-14)8-16-12-5-6-12/h1-4,9,12,16H,5-8H2. The Balaban J connectivity index is 1.60. The number of hydrogen-bond acceptors (Lipinski definition) is 3. The molecule has 0 bridgehead atoms. The maximum absolute atomic E-state index is 5.87. The van der Waals surface area contributed by atoms with Crippen LogP contribution in [0.3, 0.4) is 0 Å². The molecule has 1 aromatic heterocycles. The van der Waals surface area contributed by atoms with Gasteiger partial charge in [0.25, 0.3) is 0 Å². The van der Waals surface area contributed by atoms with E-state index in [0.29, 0.717) is 0 Å². The minimum absolute atomic E-state index is 0.756. The predicted octanol–water partition coefficient (Wildman–Crippen LogP) is 3.64. The van der Waals surface area contributed by atoms with Crippen LogP contribution in [0, 0.1) is 0 Å². The lowest BCUT2D eigenvalue weighted by atomic mass is 10.2. The highest BCUT2D eigenvalue weighted by Crippen LogP contribution is 2.22. The Morgan fingerprint density at radius 1 is 1.28 bits per heavy atom. The van der Waals surface area contributed by atoms with Crippen molar-refractivity contribution in [3.63, 3.8) is 0 Å². The topological polar surface area (TPSA) is 24.9 Å². The maximum Gasteiger partial charge on any atom is 0.0971 e. The lowest BCUT2D eigenvalue weighted by Gasteiger charge is -1.98. The van der Waals surface area contributed by atoms with Crippen LogP contribution >= 0.6 is 22.9 Å². The first-order chi connectivity index (χ1) is 8.79. The van der Waals surface area contributed by atoms with Crippen LogP contribution in [0.2, 0.25) is 5.02 Å². The predicted molar refractivity (Wildman–Crippen MR) is 76.2 cm³/mol. The molecule has 1 aliphatic rings. The molecule has 0 atom stereocenters. The van der Waals surface area contributed by atoms with Crippen LogP contribution in [-0.2, 0) is 13.0 Å². The summed E-state index contributed by atoms with van der Waals surface area (Å²) in [7, 11) is 0. The van der Waals surface area contributed by atoms with Crippen molar-refractivity contribution in [3.8, 4) is 0 Å². The van der Waals surface area contributed by atoms with E-state index in [2.05, 4.69) is 22.4 Å². The Bertz CT molecular complexity index is 517. The number of hydrogen-bond donors (Lipinski definition) is 1. The second kappa shape index (κ2) is 5.39. The van der Waals surface area contributed by atoms with Gasteiger partial charge in [0.1, 0.15) is 0 Å². The SMILES string of the molecule is Clc1ccc(Cc2ncc(CNC3CC3)s2)cc1. The summed E-state index contributed by atoms with van der Waals surface area (Å²) in [6.07, 6.45) is 5.55. The van der Waals surface area contributed by atoms with Crippen LogP contribution in [0.15, 0.2) is 30.5 Å². The Kier molecular flexibility index (Phi) is 3.64. The molecule has 0 spiro atoms. The third-order valence-corrected chi connectivity index (χ3v) is 4.26. The molecule has 1 heterocycles. The first-order valence-electron chi connectivity index (χ1n) is 6.21. The Labute approximate surface area is 116 Å². The molecule has 1 aliphatic carbocycles. The summed E-state index contributed by atoms with van der Waals surface area (Å²) in [4.78, 5) is 5.80. The van der Waals surface area contributed by atoms with E-state index in [4.69, 9.17) is 11.6 Å². The van der Waals surface area contributed by atoms with Gasteiger partial charge in [-0.3, -0.25) is 0 Å². The van der Waals surface area contributed by atoms with Gasteiger partial charge in [-0.15, -0.1) is 11.3 Å². The highest BCUT2D eigenvalue weighted by molar-refractivity contribution is 7.11. The summed E-state index contributed by atoms with van der Waals surface area (Å²) in [6, 6.07) is 8.74. The summed E-state index contributed by atoms with van der Waals surface area (Å²) in [5, 5.41) is 5.47. The third kappa shape index (κ3) is 3.31. The first-order valence-corrected chi connectivity index (χ1v) is 7.40. The van der Waals surface area contributed by atoms with Gasteiger partial charge < -0.3 is 5.32 Å². The van der Waals surface area contributed by atoms with Crippen LogP contribution < -0.4 is 5.32 Å². The van der Waals surface area contributed by atoms with E-state index >= 15 is 0 Å². The summed E-state index contributed by atoms with van der Waals surface area (Å²) >= 11 is 7.67. The number of benzene rings is 1. The molecule has 94 valence electrons. The van der Waals surface area contributed by atoms with Crippen molar-refractivity contribution in [1.29, 1.82) is 0 Å². The van der Waals surface area contributed by atoms with E-state index in [1.807, 2.05) is 18.3 Å². The zero-order chi connectivity index (χ0) is 12.4. The molecule has 0 radical (unpaired) electrons. The van der Waals surface area contributed by atoms with Gasteiger partial charge in [-0.05, 0) is 30.5 Å². The highest BCUT2D eigenvalue weighted by Gasteiger charge is 2.20. The Morgan fingerprint density at radius 3 is 2.78 bits per heavy atom. The van der Waals surface area contributed by atoms with Gasteiger partial charge in [-0.1, -0.05) is 23.7 Å². The molecule has 1 aromatic carbocycles. The second-order valence-electron chi connectivity index (χ2n) is 4.68. The number of aromatic nitrogens is 1. The monoisotopic (exact) mass is 278 g/mol. The van der Waals surface area contributed by atoms with Crippen LogP contribution in [0.4, 0.5) is 0 Å². The van der Waals surface area contributed by atoms with Crippen molar-refractivity contribution in [1.82, 2.24) is 10.3 Å². The molecule has 2 aromatic rings. The molecule has 3 rings (SSSR count). The largest absolute Gasteiger partial charge is 0.309 e. The van der Waals surface area contributed by atoms with Gasteiger partial charge in [-0.25, -0.2) is 4.98 Å². The van der Waals surface area contributed by atoms with Crippen LogP contribution in [0.1, 0.15) is 28.3 Å². The number of nitrogens with zero attached hydrogens (tertiary/aromatic N) is 1. The van der Waals surface area contributed by atoms with Gasteiger partial charge in [0.05, 0.1) is 5.01 Å². The van der Waals surface area contributed by atoms with Crippen LogP contribution in [-0.4, -0.2) is 11.0 Å². The van der Waals surface area contributed by atoms with Crippen LogP contribution in [0.5, 0.6) is 0 Å². The van der Waals surface area contributed by atoms with Gasteiger partial charge >= 0.3 is 0 Å². The summed E-state index contributed by atoms with van der Waals surface area (Å²) in [6.45, 7) is 0.961. The fourth-order valence-corrected chi connectivity index (χ4v) is 2.85. The molecule has 1 fully saturated rings. The molecular weight excluding hydrogens is 264 g/mol. The van der Waals surface area contributed by atoms with E-state index in [1.165, 1.54) is 28.3 Å². The van der Waals surface area contributed by atoms with Crippen molar-refractivity contribution in [2.45, 2.75) is 31.8 Å². The lowest BCUT2D eigenvalue weighted by Crippen LogP contribution is -2.14. The third-order valence-electron chi connectivity index (χ3n) is 3.01. The maximum atomic E-state index is 5.87. The number of halogens is 1. The van der Waals surface area contributed by atoms with Crippen molar-refractivity contribution >= 4 is 22.9 Å². The minimum atomic E-state index is 0.756. The molecule has 0 unspecified atom stereocenters. The quantitative estimate of drug-likeness (QED) is 0.903. The van der Waals surface area contributed by atoms with E-state index in [9.17, 15) is 0 Å². The molecule has 0 saturated heterocycles. The van der Waals surface area contributed by atoms with E-state index in [-0.39, 0.29) is 0 Å². The minimum Gasteiger partial charge on any atom is -0.309 e.